The topological polar surface area (TPSA) is 70.1 Å². The highest BCUT2D eigenvalue weighted by molar-refractivity contribution is 5.80. The zero-order valence-electron chi connectivity index (χ0n) is 7.16. The molecule has 12 heavy (non-hydrogen) atoms. The van der Waals surface area contributed by atoms with E-state index in [4.69, 9.17) is 11.0 Å². The van der Waals surface area contributed by atoms with Gasteiger partial charge in [-0.1, -0.05) is 6.92 Å². The van der Waals surface area contributed by atoms with Crippen LogP contribution >= 0.6 is 0 Å². The third kappa shape index (κ3) is 1.74. The fourth-order valence-electron chi connectivity index (χ4n) is 1.69. The van der Waals surface area contributed by atoms with Gasteiger partial charge in [-0.25, -0.2) is 0 Å². The number of nitriles is 1. The van der Waals surface area contributed by atoms with Crippen LogP contribution in [0.1, 0.15) is 13.3 Å². The molecule has 4 nitrogen and oxygen atoms in total. The van der Waals surface area contributed by atoms with Crippen LogP contribution in [0.2, 0.25) is 0 Å². The van der Waals surface area contributed by atoms with Crippen molar-refractivity contribution in [3.05, 3.63) is 0 Å². The van der Waals surface area contributed by atoms with Crippen molar-refractivity contribution in [3.63, 3.8) is 0 Å². The number of likely N-dealkylation sites (tertiary alicyclic amines) is 1. The minimum absolute atomic E-state index is 0.223. The Balaban J connectivity index is 2.60. The third-order valence-corrected chi connectivity index (χ3v) is 2.21. The molecule has 0 bridgehead atoms. The summed E-state index contributed by atoms with van der Waals surface area (Å²) in [7, 11) is 0. The summed E-state index contributed by atoms with van der Waals surface area (Å²) in [6, 6.07) is 1.81. The molecule has 4 heteroatoms. The molecule has 0 aliphatic carbocycles. The Kier molecular flexibility index (Phi) is 2.66. The van der Waals surface area contributed by atoms with Crippen molar-refractivity contribution in [2.24, 2.45) is 11.7 Å². The lowest BCUT2D eigenvalue weighted by atomic mass is 10.1. The first-order valence-corrected chi connectivity index (χ1v) is 4.05. The lowest BCUT2D eigenvalue weighted by Gasteiger charge is -2.17. The van der Waals surface area contributed by atoms with Crippen molar-refractivity contribution in [2.45, 2.75) is 19.4 Å². The fourth-order valence-corrected chi connectivity index (χ4v) is 1.69. The normalized spacial score (nSPS) is 30.0. The van der Waals surface area contributed by atoms with E-state index in [0.717, 1.165) is 13.0 Å². The van der Waals surface area contributed by atoms with Crippen molar-refractivity contribution in [3.8, 4) is 6.07 Å². The van der Waals surface area contributed by atoms with Crippen LogP contribution < -0.4 is 5.73 Å². The highest BCUT2D eigenvalue weighted by atomic mass is 16.1. The van der Waals surface area contributed by atoms with Gasteiger partial charge < -0.3 is 5.73 Å². The van der Waals surface area contributed by atoms with Crippen LogP contribution in [0.25, 0.3) is 0 Å². The van der Waals surface area contributed by atoms with Crippen molar-refractivity contribution >= 4 is 5.91 Å². The monoisotopic (exact) mass is 167 g/mol. The molecule has 1 fully saturated rings. The van der Waals surface area contributed by atoms with Crippen LogP contribution in [0.4, 0.5) is 0 Å². The molecule has 66 valence electrons. The van der Waals surface area contributed by atoms with E-state index in [1.54, 1.807) is 0 Å². The summed E-state index contributed by atoms with van der Waals surface area (Å²) < 4.78 is 0. The Morgan fingerprint density at radius 1 is 1.83 bits per heavy atom. The first-order valence-electron chi connectivity index (χ1n) is 4.05. The molecule has 1 unspecified atom stereocenters. The zero-order chi connectivity index (χ0) is 9.14. The average Bonchev–Trinajstić information content (AvgIpc) is 2.32. The van der Waals surface area contributed by atoms with Gasteiger partial charge in [0.15, 0.2) is 0 Å². The van der Waals surface area contributed by atoms with Crippen LogP contribution in [0.5, 0.6) is 0 Å². The van der Waals surface area contributed by atoms with E-state index in [-0.39, 0.29) is 11.9 Å². The molecular formula is C8H13N3O. The zero-order valence-corrected chi connectivity index (χ0v) is 7.16. The average molecular weight is 167 g/mol. The Morgan fingerprint density at radius 2 is 2.50 bits per heavy atom. The van der Waals surface area contributed by atoms with Gasteiger partial charge in [0, 0.05) is 6.54 Å². The molecule has 1 saturated heterocycles. The number of amides is 1. The number of nitrogens with zero attached hydrogens (tertiary/aromatic N) is 2. The minimum Gasteiger partial charge on any atom is -0.368 e. The molecule has 1 aliphatic rings. The van der Waals surface area contributed by atoms with Gasteiger partial charge in [-0.05, 0) is 12.3 Å². The highest BCUT2D eigenvalue weighted by Gasteiger charge is 2.32. The Hall–Kier alpha value is -1.08. The molecule has 0 radical (unpaired) electrons. The second-order valence-electron chi connectivity index (χ2n) is 3.35. The molecule has 1 aliphatic heterocycles. The number of hydrogen-bond acceptors (Lipinski definition) is 3. The lowest BCUT2D eigenvalue weighted by Crippen LogP contribution is -2.40. The molecule has 0 aromatic rings. The largest absolute Gasteiger partial charge is 0.368 e. The lowest BCUT2D eigenvalue weighted by molar-refractivity contribution is -0.122. The van der Waals surface area contributed by atoms with Gasteiger partial charge in [0.2, 0.25) is 5.91 Å². The number of carbonyl (C=O) groups excluding carboxylic acids is 1. The van der Waals surface area contributed by atoms with E-state index < -0.39 is 0 Å². The molecule has 0 spiro atoms. The fraction of sp³-hybridized carbons (Fsp3) is 0.750. The SMILES string of the molecule is CC1C[C@@H](C(N)=O)N(CC#N)C1. The summed E-state index contributed by atoms with van der Waals surface area (Å²) in [6.45, 7) is 3.17. The quantitative estimate of drug-likeness (QED) is 0.574. The van der Waals surface area contributed by atoms with E-state index in [9.17, 15) is 4.79 Å². The molecule has 1 rings (SSSR count). The van der Waals surface area contributed by atoms with Crippen molar-refractivity contribution in [2.75, 3.05) is 13.1 Å². The standard InChI is InChI=1S/C8H13N3O/c1-6-4-7(8(10)12)11(5-6)3-2-9/h6-7H,3-5H2,1H3,(H2,10,12)/t6?,7-/m0/s1. The highest BCUT2D eigenvalue weighted by Crippen LogP contribution is 2.21. The smallest absolute Gasteiger partial charge is 0.234 e. The Labute approximate surface area is 71.9 Å². The van der Waals surface area contributed by atoms with Gasteiger partial charge in [0.05, 0.1) is 18.7 Å². The molecule has 2 N–H and O–H groups in total. The number of hydrogen-bond donors (Lipinski definition) is 1. The number of rotatable bonds is 2. The first-order chi connectivity index (χ1) is 5.65. The summed E-state index contributed by atoms with van der Waals surface area (Å²) in [5.74, 6) is 0.158. The van der Waals surface area contributed by atoms with Crippen LogP contribution in [-0.4, -0.2) is 29.9 Å². The summed E-state index contributed by atoms with van der Waals surface area (Å²) in [4.78, 5) is 12.7. The number of primary amides is 1. The van der Waals surface area contributed by atoms with Crippen molar-refractivity contribution in [1.29, 1.82) is 5.26 Å². The Morgan fingerprint density at radius 3 is 3.00 bits per heavy atom. The van der Waals surface area contributed by atoms with Crippen LogP contribution in [0.3, 0.4) is 0 Å². The molecule has 0 saturated carbocycles. The van der Waals surface area contributed by atoms with E-state index in [1.165, 1.54) is 0 Å². The summed E-state index contributed by atoms with van der Waals surface area (Å²) in [5, 5.41) is 8.47. The van der Waals surface area contributed by atoms with Crippen molar-refractivity contribution in [1.82, 2.24) is 4.90 Å². The van der Waals surface area contributed by atoms with Crippen LogP contribution in [0, 0.1) is 17.2 Å². The summed E-state index contributed by atoms with van der Waals surface area (Å²) >= 11 is 0. The van der Waals surface area contributed by atoms with Gasteiger partial charge in [0.1, 0.15) is 0 Å². The van der Waals surface area contributed by atoms with Gasteiger partial charge in [0.25, 0.3) is 0 Å². The summed E-state index contributed by atoms with van der Waals surface area (Å²) in [6.07, 6.45) is 0.789. The van der Waals surface area contributed by atoms with E-state index in [1.807, 2.05) is 11.0 Å². The molecule has 1 amide bonds. The summed E-state index contributed by atoms with van der Waals surface area (Å²) in [5.41, 5.74) is 5.19. The predicted molar refractivity (Wildman–Crippen MR) is 43.9 cm³/mol. The van der Waals surface area contributed by atoms with Gasteiger partial charge in [-0.2, -0.15) is 5.26 Å². The van der Waals surface area contributed by atoms with Gasteiger partial charge in [-0.3, -0.25) is 9.69 Å². The molecule has 0 aromatic heterocycles. The molecule has 2 atom stereocenters. The second kappa shape index (κ2) is 3.55. The molecule has 1 heterocycles. The van der Waals surface area contributed by atoms with Crippen LogP contribution in [-0.2, 0) is 4.79 Å². The number of carbonyl (C=O) groups is 1. The maximum absolute atomic E-state index is 10.9. The molecular weight excluding hydrogens is 154 g/mol. The molecule has 0 aromatic carbocycles. The maximum Gasteiger partial charge on any atom is 0.234 e. The maximum atomic E-state index is 10.9. The first kappa shape index (κ1) is 9.01. The predicted octanol–water partition coefficient (Wildman–Crippen LogP) is -0.294. The minimum atomic E-state index is -0.311. The van der Waals surface area contributed by atoms with Crippen molar-refractivity contribution < 1.29 is 4.79 Å². The van der Waals surface area contributed by atoms with Gasteiger partial charge in [-0.15, -0.1) is 0 Å². The van der Waals surface area contributed by atoms with Crippen LogP contribution in [0.15, 0.2) is 0 Å². The third-order valence-electron chi connectivity index (χ3n) is 2.21. The van der Waals surface area contributed by atoms with Gasteiger partial charge >= 0.3 is 0 Å². The van der Waals surface area contributed by atoms with E-state index >= 15 is 0 Å². The number of nitrogens with two attached hydrogens (primary N) is 1. The van der Waals surface area contributed by atoms with E-state index in [0.29, 0.717) is 12.5 Å². The Bertz CT molecular complexity index is 221. The van der Waals surface area contributed by atoms with E-state index in [2.05, 4.69) is 6.92 Å². The second-order valence-corrected chi connectivity index (χ2v) is 3.35.